The average molecular weight is 229 g/mol. The van der Waals surface area contributed by atoms with Gasteiger partial charge in [0.25, 0.3) is 0 Å². The molecule has 0 aliphatic carbocycles. The first-order valence-electron chi connectivity index (χ1n) is 5.72. The second kappa shape index (κ2) is 5.00. The van der Waals surface area contributed by atoms with Crippen LogP contribution in [0.5, 0.6) is 0 Å². The summed E-state index contributed by atoms with van der Waals surface area (Å²) in [6.45, 7) is 4.50. The fourth-order valence-electron chi connectivity index (χ4n) is 1.77. The van der Waals surface area contributed by atoms with E-state index in [1.165, 1.54) is 11.6 Å². The van der Waals surface area contributed by atoms with E-state index in [-0.39, 0.29) is 5.82 Å². The lowest BCUT2D eigenvalue weighted by Gasteiger charge is -2.12. The predicted octanol–water partition coefficient (Wildman–Crippen LogP) is 4.05. The van der Waals surface area contributed by atoms with Gasteiger partial charge >= 0.3 is 0 Å². The Morgan fingerprint density at radius 2 is 1.65 bits per heavy atom. The average Bonchev–Trinajstić information content (AvgIpc) is 2.36. The third kappa shape index (κ3) is 2.64. The van der Waals surface area contributed by atoms with E-state index in [4.69, 9.17) is 0 Å². The summed E-state index contributed by atoms with van der Waals surface area (Å²) in [5, 5.41) is 3.33. The standard InChI is InChI=1S/C15H16FN/c1-11-12(2)15(9-8-14(11)16)17-10-13-6-4-3-5-7-13/h3-9,17H,10H2,1-2H3. The van der Waals surface area contributed by atoms with Gasteiger partial charge in [-0.2, -0.15) is 0 Å². The van der Waals surface area contributed by atoms with Crippen LogP contribution in [0.4, 0.5) is 10.1 Å². The van der Waals surface area contributed by atoms with Crippen LogP contribution < -0.4 is 5.32 Å². The number of nitrogens with one attached hydrogen (secondary N) is 1. The molecule has 0 aliphatic rings. The number of hydrogen-bond donors (Lipinski definition) is 1. The lowest BCUT2D eigenvalue weighted by atomic mass is 10.1. The molecule has 2 aromatic carbocycles. The lowest BCUT2D eigenvalue weighted by Crippen LogP contribution is -2.02. The molecule has 1 nitrogen and oxygen atoms in total. The van der Waals surface area contributed by atoms with Crippen molar-refractivity contribution in [2.24, 2.45) is 0 Å². The van der Waals surface area contributed by atoms with Gasteiger partial charge in [-0.25, -0.2) is 4.39 Å². The monoisotopic (exact) mass is 229 g/mol. The Morgan fingerprint density at radius 3 is 2.35 bits per heavy atom. The molecule has 0 fully saturated rings. The summed E-state index contributed by atoms with van der Waals surface area (Å²) < 4.78 is 13.3. The van der Waals surface area contributed by atoms with Crippen LogP contribution in [-0.2, 0) is 6.54 Å². The quantitative estimate of drug-likeness (QED) is 0.837. The predicted molar refractivity (Wildman–Crippen MR) is 69.6 cm³/mol. The van der Waals surface area contributed by atoms with Crippen LogP contribution in [0.2, 0.25) is 0 Å². The van der Waals surface area contributed by atoms with Gasteiger partial charge in [0.15, 0.2) is 0 Å². The van der Waals surface area contributed by atoms with Crippen molar-refractivity contribution in [1.82, 2.24) is 0 Å². The van der Waals surface area contributed by atoms with Crippen LogP contribution >= 0.6 is 0 Å². The molecule has 0 unspecified atom stereocenters. The molecule has 1 N–H and O–H groups in total. The molecule has 0 atom stereocenters. The molecule has 88 valence electrons. The number of anilines is 1. The molecule has 0 saturated heterocycles. The van der Waals surface area contributed by atoms with E-state index in [2.05, 4.69) is 17.4 Å². The molecule has 2 heteroatoms. The Hall–Kier alpha value is -1.83. The minimum atomic E-state index is -0.146. The van der Waals surface area contributed by atoms with Gasteiger partial charge in [-0.3, -0.25) is 0 Å². The Kier molecular flexibility index (Phi) is 3.43. The molecule has 0 saturated carbocycles. The van der Waals surface area contributed by atoms with Crippen molar-refractivity contribution in [3.8, 4) is 0 Å². The number of halogens is 1. The minimum Gasteiger partial charge on any atom is -0.381 e. The van der Waals surface area contributed by atoms with E-state index >= 15 is 0 Å². The summed E-state index contributed by atoms with van der Waals surface area (Å²) in [7, 11) is 0. The highest BCUT2D eigenvalue weighted by Crippen LogP contribution is 2.21. The lowest BCUT2D eigenvalue weighted by molar-refractivity contribution is 0.617. The van der Waals surface area contributed by atoms with Crippen molar-refractivity contribution >= 4 is 5.69 Å². The van der Waals surface area contributed by atoms with Crippen molar-refractivity contribution in [3.05, 3.63) is 65.0 Å². The van der Waals surface area contributed by atoms with Crippen molar-refractivity contribution < 1.29 is 4.39 Å². The molecule has 0 radical (unpaired) electrons. The Labute approximate surface area is 101 Å². The van der Waals surface area contributed by atoms with E-state index in [0.29, 0.717) is 5.56 Å². The third-order valence-electron chi connectivity index (χ3n) is 3.05. The molecule has 0 spiro atoms. The fourth-order valence-corrected chi connectivity index (χ4v) is 1.77. The van der Waals surface area contributed by atoms with Crippen LogP contribution in [0.15, 0.2) is 42.5 Å². The molecule has 2 rings (SSSR count). The van der Waals surface area contributed by atoms with Crippen molar-refractivity contribution in [2.75, 3.05) is 5.32 Å². The molecule has 0 aromatic heterocycles. The largest absolute Gasteiger partial charge is 0.381 e. The molecular weight excluding hydrogens is 213 g/mol. The topological polar surface area (TPSA) is 12.0 Å². The maximum Gasteiger partial charge on any atom is 0.126 e. The van der Waals surface area contributed by atoms with E-state index in [1.807, 2.05) is 25.1 Å². The Morgan fingerprint density at radius 1 is 0.941 bits per heavy atom. The molecule has 0 amide bonds. The van der Waals surface area contributed by atoms with Gasteiger partial charge in [0, 0.05) is 12.2 Å². The molecular formula is C15H16FN. The highest BCUT2D eigenvalue weighted by atomic mass is 19.1. The molecule has 17 heavy (non-hydrogen) atoms. The van der Waals surface area contributed by atoms with E-state index in [0.717, 1.165) is 17.8 Å². The van der Waals surface area contributed by atoms with Gasteiger partial charge in [0.2, 0.25) is 0 Å². The Balaban J connectivity index is 2.13. The highest BCUT2D eigenvalue weighted by molar-refractivity contribution is 5.54. The van der Waals surface area contributed by atoms with Crippen molar-refractivity contribution in [2.45, 2.75) is 20.4 Å². The van der Waals surface area contributed by atoms with Gasteiger partial charge in [0.05, 0.1) is 0 Å². The smallest absolute Gasteiger partial charge is 0.126 e. The third-order valence-corrected chi connectivity index (χ3v) is 3.05. The summed E-state index contributed by atoms with van der Waals surface area (Å²) in [5.74, 6) is -0.146. The number of rotatable bonds is 3. The maximum atomic E-state index is 13.3. The molecule has 0 aliphatic heterocycles. The van der Waals surface area contributed by atoms with Gasteiger partial charge in [-0.1, -0.05) is 30.3 Å². The first-order valence-corrected chi connectivity index (χ1v) is 5.72. The van der Waals surface area contributed by atoms with Crippen LogP contribution in [0.3, 0.4) is 0 Å². The number of benzene rings is 2. The van der Waals surface area contributed by atoms with E-state index < -0.39 is 0 Å². The first kappa shape index (κ1) is 11.6. The normalized spacial score (nSPS) is 10.3. The second-order valence-corrected chi connectivity index (χ2v) is 4.18. The zero-order chi connectivity index (χ0) is 12.3. The first-order chi connectivity index (χ1) is 8.18. The van der Waals surface area contributed by atoms with Crippen molar-refractivity contribution in [1.29, 1.82) is 0 Å². The SMILES string of the molecule is Cc1c(F)ccc(NCc2ccccc2)c1C. The van der Waals surface area contributed by atoms with Crippen LogP contribution in [-0.4, -0.2) is 0 Å². The van der Waals surface area contributed by atoms with Gasteiger partial charge in [-0.05, 0) is 42.7 Å². The van der Waals surface area contributed by atoms with Crippen LogP contribution in [0, 0.1) is 19.7 Å². The molecule has 0 bridgehead atoms. The molecule has 2 aromatic rings. The van der Waals surface area contributed by atoms with Crippen LogP contribution in [0.1, 0.15) is 16.7 Å². The van der Waals surface area contributed by atoms with Crippen molar-refractivity contribution in [3.63, 3.8) is 0 Å². The zero-order valence-electron chi connectivity index (χ0n) is 10.1. The highest BCUT2D eigenvalue weighted by Gasteiger charge is 2.05. The summed E-state index contributed by atoms with van der Waals surface area (Å²) in [6, 6.07) is 13.5. The zero-order valence-corrected chi connectivity index (χ0v) is 10.1. The van der Waals surface area contributed by atoms with Gasteiger partial charge in [-0.15, -0.1) is 0 Å². The molecule has 0 heterocycles. The number of hydrogen-bond acceptors (Lipinski definition) is 1. The van der Waals surface area contributed by atoms with Crippen LogP contribution in [0.25, 0.3) is 0 Å². The summed E-state index contributed by atoms with van der Waals surface area (Å²) in [4.78, 5) is 0. The van der Waals surface area contributed by atoms with Gasteiger partial charge in [0.1, 0.15) is 5.82 Å². The summed E-state index contributed by atoms with van der Waals surface area (Å²) in [6.07, 6.45) is 0. The fraction of sp³-hybridized carbons (Fsp3) is 0.200. The summed E-state index contributed by atoms with van der Waals surface area (Å²) in [5.41, 5.74) is 3.89. The van der Waals surface area contributed by atoms with E-state index in [1.54, 1.807) is 13.0 Å². The minimum absolute atomic E-state index is 0.146. The Bertz CT molecular complexity index is 506. The second-order valence-electron chi connectivity index (χ2n) is 4.18. The van der Waals surface area contributed by atoms with Gasteiger partial charge < -0.3 is 5.32 Å². The maximum absolute atomic E-state index is 13.3. The summed E-state index contributed by atoms with van der Waals surface area (Å²) >= 11 is 0. The van der Waals surface area contributed by atoms with E-state index in [9.17, 15) is 4.39 Å².